The van der Waals surface area contributed by atoms with Crippen molar-refractivity contribution in [1.82, 2.24) is 29.3 Å². The highest BCUT2D eigenvalue weighted by Gasteiger charge is 2.58. The number of thiazole rings is 1. The molecule has 3 aromatic heterocycles. The van der Waals surface area contributed by atoms with Gasteiger partial charge < -0.3 is 14.4 Å². The van der Waals surface area contributed by atoms with Crippen LogP contribution < -0.4 is 0 Å². The molecule has 184 valence electrons. The summed E-state index contributed by atoms with van der Waals surface area (Å²) in [7, 11) is 0. The van der Waals surface area contributed by atoms with Gasteiger partial charge in [0.05, 0.1) is 47.3 Å². The Morgan fingerprint density at radius 1 is 1.29 bits per heavy atom. The van der Waals surface area contributed by atoms with Crippen LogP contribution in [-0.4, -0.2) is 60.8 Å². The first-order valence-corrected chi connectivity index (χ1v) is 12.7. The second-order valence-corrected chi connectivity index (χ2v) is 10.9. The van der Waals surface area contributed by atoms with Crippen molar-refractivity contribution in [3.8, 4) is 0 Å². The summed E-state index contributed by atoms with van der Waals surface area (Å²) in [6.45, 7) is 7.99. The summed E-state index contributed by atoms with van der Waals surface area (Å²) in [6.07, 6.45) is 5.66. The lowest BCUT2D eigenvalue weighted by atomic mass is 9.75. The number of carbonyl (C=O) groups is 2. The topological polar surface area (TPSA) is 84.2 Å². The lowest BCUT2D eigenvalue weighted by molar-refractivity contribution is -0.137. The molecule has 0 N–H and O–H groups in total. The van der Waals surface area contributed by atoms with Crippen molar-refractivity contribution in [2.75, 3.05) is 19.6 Å². The van der Waals surface area contributed by atoms with Gasteiger partial charge in [-0.05, 0) is 39.3 Å². The van der Waals surface area contributed by atoms with Crippen LogP contribution in [-0.2, 0) is 22.6 Å². The van der Waals surface area contributed by atoms with Crippen molar-refractivity contribution in [1.29, 1.82) is 0 Å². The molecule has 2 aliphatic rings. The Bertz CT molecular complexity index is 1240. The molecule has 0 radical (unpaired) electrons. The zero-order chi connectivity index (χ0) is 24.7. The number of carbonyl (C=O) groups excluding carboxylic acids is 2. The highest BCUT2D eigenvalue weighted by atomic mass is 32.1. The van der Waals surface area contributed by atoms with E-state index in [1.165, 1.54) is 12.1 Å². The van der Waals surface area contributed by atoms with E-state index >= 15 is 0 Å². The van der Waals surface area contributed by atoms with Crippen LogP contribution in [0.25, 0.3) is 0 Å². The molecule has 35 heavy (non-hydrogen) atoms. The van der Waals surface area contributed by atoms with Crippen LogP contribution in [0.15, 0.2) is 36.2 Å². The zero-order valence-electron chi connectivity index (χ0n) is 20.1. The van der Waals surface area contributed by atoms with Crippen molar-refractivity contribution in [2.45, 2.75) is 52.1 Å². The van der Waals surface area contributed by atoms with E-state index in [9.17, 15) is 14.0 Å². The molecule has 10 heteroatoms. The van der Waals surface area contributed by atoms with Crippen molar-refractivity contribution in [2.24, 2.45) is 5.41 Å². The van der Waals surface area contributed by atoms with Crippen LogP contribution in [0.5, 0.6) is 0 Å². The van der Waals surface area contributed by atoms with Crippen molar-refractivity contribution in [3.63, 3.8) is 0 Å². The van der Waals surface area contributed by atoms with E-state index in [0.29, 0.717) is 38.3 Å². The van der Waals surface area contributed by atoms with Gasteiger partial charge in [0.2, 0.25) is 11.8 Å². The van der Waals surface area contributed by atoms with Crippen LogP contribution in [0, 0.1) is 18.2 Å². The third-order valence-electron chi connectivity index (χ3n) is 7.15. The fraction of sp³-hybridized carbons (Fsp3) is 0.480. The van der Waals surface area contributed by atoms with E-state index in [1.807, 2.05) is 28.0 Å². The molecule has 2 fully saturated rings. The highest BCUT2D eigenvalue weighted by Crippen LogP contribution is 2.50. The number of amides is 2. The summed E-state index contributed by atoms with van der Waals surface area (Å²) in [6, 6.07) is 3.08. The first-order chi connectivity index (χ1) is 16.7. The second-order valence-electron chi connectivity index (χ2n) is 9.80. The normalized spacial score (nSPS) is 22.2. The maximum absolute atomic E-state index is 13.9. The van der Waals surface area contributed by atoms with E-state index in [2.05, 4.69) is 28.8 Å². The largest absolute Gasteiger partial charge is 0.341 e. The second kappa shape index (κ2) is 9.14. The van der Waals surface area contributed by atoms with Crippen LogP contribution >= 0.6 is 11.3 Å². The lowest BCUT2D eigenvalue weighted by Crippen LogP contribution is -2.40. The zero-order valence-corrected chi connectivity index (χ0v) is 21.0. The van der Waals surface area contributed by atoms with Gasteiger partial charge in [0, 0.05) is 48.9 Å². The summed E-state index contributed by atoms with van der Waals surface area (Å²) >= 11 is 1.58. The molecule has 8 nitrogen and oxygen atoms in total. The molecular weight excluding hydrogens is 467 g/mol. The fourth-order valence-electron chi connectivity index (χ4n) is 5.22. The predicted octanol–water partition coefficient (Wildman–Crippen LogP) is 3.35. The Hall–Kier alpha value is -3.14. The number of halogens is 1. The molecular formula is C25H29FN6O2S. The fourth-order valence-corrected chi connectivity index (χ4v) is 5.83. The van der Waals surface area contributed by atoms with Gasteiger partial charge in [0.25, 0.3) is 0 Å². The highest BCUT2D eigenvalue weighted by molar-refractivity contribution is 7.09. The standard InChI is InChI=1S/C25H29FN6O2S/c1-16(2)32-12-22(28-15-32)21-11-31(23(33)8-19-5-4-18(26)9-27-19)14-25(21)6-7-30(24(25)34)10-20-13-35-17(3)29-20/h4-5,9,12-13,15-16,21H,6-8,10-11,14H2,1-3H3/t21-,25-/m0/s1. The number of nitrogens with zero attached hydrogens (tertiary/aromatic N) is 6. The Labute approximate surface area is 207 Å². The number of aromatic nitrogens is 4. The monoisotopic (exact) mass is 496 g/mol. The van der Waals surface area contributed by atoms with Crippen molar-refractivity contribution < 1.29 is 14.0 Å². The van der Waals surface area contributed by atoms with Gasteiger partial charge in [-0.15, -0.1) is 11.3 Å². The SMILES string of the molecule is Cc1nc(CN2CC[C@@]3(CN(C(=O)Cc4ccc(F)cn4)C[C@H]3c3cn(C(C)C)cn3)C2=O)cs1. The first-order valence-electron chi connectivity index (χ1n) is 11.9. The summed E-state index contributed by atoms with van der Waals surface area (Å²) in [4.78, 5) is 44.0. The van der Waals surface area contributed by atoms with Gasteiger partial charge in [-0.1, -0.05) is 0 Å². The Morgan fingerprint density at radius 3 is 2.77 bits per heavy atom. The van der Waals surface area contributed by atoms with Crippen molar-refractivity contribution >= 4 is 23.2 Å². The van der Waals surface area contributed by atoms with E-state index in [-0.39, 0.29) is 30.2 Å². The number of hydrogen-bond acceptors (Lipinski definition) is 6. The van der Waals surface area contributed by atoms with Gasteiger partial charge in [-0.3, -0.25) is 14.6 Å². The average Bonchev–Trinajstić information content (AvgIpc) is 3.60. The number of pyridine rings is 1. The van der Waals surface area contributed by atoms with Crippen LogP contribution in [0.4, 0.5) is 4.39 Å². The quantitative estimate of drug-likeness (QED) is 0.523. The van der Waals surface area contributed by atoms with Crippen LogP contribution in [0.1, 0.15) is 54.3 Å². The average molecular weight is 497 g/mol. The maximum Gasteiger partial charge on any atom is 0.231 e. The molecule has 5 rings (SSSR count). The molecule has 5 heterocycles. The lowest BCUT2D eigenvalue weighted by Gasteiger charge is -2.27. The molecule has 2 aliphatic heterocycles. The van der Waals surface area contributed by atoms with Gasteiger partial charge >= 0.3 is 0 Å². The smallest absolute Gasteiger partial charge is 0.231 e. The minimum atomic E-state index is -0.715. The Balaban J connectivity index is 1.41. The number of imidazole rings is 1. The summed E-state index contributed by atoms with van der Waals surface area (Å²) in [5, 5.41) is 2.97. The maximum atomic E-state index is 13.9. The predicted molar refractivity (Wildman–Crippen MR) is 129 cm³/mol. The third kappa shape index (κ3) is 4.47. The molecule has 0 bridgehead atoms. The number of rotatable bonds is 6. The molecule has 2 amide bonds. The molecule has 0 aromatic carbocycles. The summed E-state index contributed by atoms with van der Waals surface area (Å²) in [5.74, 6) is -0.686. The van der Waals surface area contributed by atoms with Gasteiger partial charge in [-0.25, -0.2) is 14.4 Å². The summed E-state index contributed by atoms with van der Waals surface area (Å²) in [5.41, 5.74) is 1.53. The molecule has 3 aromatic rings. The molecule has 0 saturated carbocycles. The molecule has 0 aliphatic carbocycles. The summed E-state index contributed by atoms with van der Waals surface area (Å²) < 4.78 is 15.3. The Morgan fingerprint density at radius 2 is 2.11 bits per heavy atom. The van der Waals surface area contributed by atoms with Crippen LogP contribution in [0.3, 0.4) is 0 Å². The van der Waals surface area contributed by atoms with Gasteiger partial charge in [0.15, 0.2) is 0 Å². The minimum Gasteiger partial charge on any atom is -0.341 e. The van der Waals surface area contributed by atoms with Crippen molar-refractivity contribution in [3.05, 3.63) is 64.1 Å². The number of hydrogen-bond donors (Lipinski definition) is 0. The number of aryl methyl sites for hydroxylation is 1. The van der Waals surface area contributed by atoms with E-state index in [1.54, 1.807) is 22.6 Å². The molecule has 2 saturated heterocycles. The van der Waals surface area contributed by atoms with E-state index < -0.39 is 11.2 Å². The number of likely N-dealkylation sites (tertiary alicyclic amines) is 2. The molecule has 2 atom stereocenters. The molecule has 0 unspecified atom stereocenters. The molecule has 1 spiro atoms. The van der Waals surface area contributed by atoms with Crippen LogP contribution in [0.2, 0.25) is 0 Å². The minimum absolute atomic E-state index is 0.0578. The van der Waals surface area contributed by atoms with E-state index in [4.69, 9.17) is 0 Å². The Kier molecular flexibility index (Phi) is 6.16. The third-order valence-corrected chi connectivity index (χ3v) is 7.97. The van der Waals surface area contributed by atoms with Gasteiger partial charge in [0.1, 0.15) is 5.82 Å². The van der Waals surface area contributed by atoms with E-state index in [0.717, 1.165) is 22.6 Å². The first kappa shape index (κ1) is 23.6. The van der Waals surface area contributed by atoms with Gasteiger partial charge in [-0.2, -0.15) is 0 Å².